The Kier molecular flexibility index (Phi) is 5.75. The van der Waals surface area contributed by atoms with Gasteiger partial charge in [0.05, 0.1) is 0 Å². The standard InChI is InChI=1S/C15H26N2O2S/c1-3-6-12-14(18)16-13(11-7-8-11)15(19)17(12)9-5-10-20-4-2/h11-13H,3-10H2,1-2H3,(H,16,18). The van der Waals surface area contributed by atoms with Gasteiger partial charge in [0.15, 0.2) is 0 Å². The summed E-state index contributed by atoms with van der Waals surface area (Å²) in [4.78, 5) is 26.7. The van der Waals surface area contributed by atoms with Crippen LogP contribution in [0.2, 0.25) is 0 Å². The van der Waals surface area contributed by atoms with Crippen molar-refractivity contribution in [3.63, 3.8) is 0 Å². The minimum atomic E-state index is -0.242. The quantitative estimate of drug-likeness (QED) is 0.698. The second-order valence-corrected chi connectivity index (χ2v) is 7.10. The molecule has 1 aliphatic carbocycles. The topological polar surface area (TPSA) is 49.4 Å². The molecule has 1 heterocycles. The molecule has 114 valence electrons. The third kappa shape index (κ3) is 3.68. The Morgan fingerprint density at radius 3 is 2.65 bits per heavy atom. The molecule has 4 nitrogen and oxygen atoms in total. The largest absolute Gasteiger partial charge is 0.342 e. The number of piperazine rings is 1. The van der Waals surface area contributed by atoms with E-state index in [1.807, 2.05) is 16.7 Å². The van der Waals surface area contributed by atoms with E-state index in [0.29, 0.717) is 5.92 Å². The van der Waals surface area contributed by atoms with Crippen molar-refractivity contribution in [1.82, 2.24) is 10.2 Å². The molecule has 0 spiro atoms. The van der Waals surface area contributed by atoms with Crippen molar-refractivity contribution in [2.24, 2.45) is 5.92 Å². The maximum atomic E-state index is 12.6. The van der Waals surface area contributed by atoms with Gasteiger partial charge < -0.3 is 10.2 Å². The predicted octanol–water partition coefficient (Wildman–Crippen LogP) is 2.04. The maximum Gasteiger partial charge on any atom is 0.246 e. The van der Waals surface area contributed by atoms with E-state index in [0.717, 1.165) is 50.2 Å². The Morgan fingerprint density at radius 1 is 1.30 bits per heavy atom. The first-order valence-corrected chi connectivity index (χ1v) is 9.03. The molecule has 0 radical (unpaired) electrons. The lowest BCUT2D eigenvalue weighted by Crippen LogP contribution is -2.64. The van der Waals surface area contributed by atoms with E-state index < -0.39 is 0 Å². The van der Waals surface area contributed by atoms with Crippen molar-refractivity contribution in [3.8, 4) is 0 Å². The highest BCUT2D eigenvalue weighted by Crippen LogP contribution is 2.35. The molecule has 2 aliphatic rings. The second kappa shape index (κ2) is 7.34. The molecule has 0 aromatic heterocycles. The Labute approximate surface area is 126 Å². The zero-order valence-corrected chi connectivity index (χ0v) is 13.4. The summed E-state index contributed by atoms with van der Waals surface area (Å²) < 4.78 is 0. The first kappa shape index (κ1) is 15.7. The molecule has 5 heteroatoms. The van der Waals surface area contributed by atoms with Gasteiger partial charge in [0, 0.05) is 6.54 Å². The normalized spacial score (nSPS) is 26.8. The van der Waals surface area contributed by atoms with E-state index in [9.17, 15) is 9.59 Å². The van der Waals surface area contributed by atoms with Crippen LogP contribution in [-0.2, 0) is 9.59 Å². The lowest BCUT2D eigenvalue weighted by atomic mass is 10.0. The number of hydrogen-bond donors (Lipinski definition) is 1. The Morgan fingerprint density at radius 2 is 2.05 bits per heavy atom. The number of nitrogens with one attached hydrogen (secondary N) is 1. The van der Waals surface area contributed by atoms with Crippen LogP contribution < -0.4 is 5.32 Å². The number of thioether (sulfide) groups is 1. The van der Waals surface area contributed by atoms with Crippen LogP contribution in [0.3, 0.4) is 0 Å². The first-order valence-electron chi connectivity index (χ1n) is 7.87. The van der Waals surface area contributed by atoms with E-state index in [-0.39, 0.29) is 23.9 Å². The van der Waals surface area contributed by atoms with Gasteiger partial charge in [0.2, 0.25) is 11.8 Å². The summed E-state index contributed by atoms with van der Waals surface area (Å²) >= 11 is 1.89. The first-order chi connectivity index (χ1) is 9.69. The lowest BCUT2D eigenvalue weighted by Gasteiger charge is -2.39. The number of carbonyl (C=O) groups is 2. The molecule has 1 aliphatic heterocycles. The van der Waals surface area contributed by atoms with Crippen LogP contribution in [0.25, 0.3) is 0 Å². The van der Waals surface area contributed by atoms with Gasteiger partial charge in [-0.1, -0.05) is 20.3 Å². The van der Waals surface area contributed by atoms with Gasteiger partial charge in [-0.15, -0.1) is 0 Å². The molecule has 1 saturated heterocycles. The summed E-state index contributed by atoms with van der Waals surface area (Å²) in [7, 11) is 0. The maximum absolute atomic E-state index is 12.6. The SMILES string of the molecule is CCCC1C(=O)NC(C2CC2)C(=O)N1CCCSCC. The number of hydrogen-bond acceptors (Lipinski definition) is 3. The van der Waals surface area contributed by atoms with Gasteiger partial charge in [0.1, 0.15) is 12.1 Å². The average molecular weight is 298 g/mol. The van der Waals surface area contributed by atoms with Gasteiger partial charge >= 0.3 is 0 Å². The molecule has 0 aromatic carbocycles. The van der Waals surface area contributed by atoms with E-state index in [2.05, 4.69) is 19.2 Å². The fraction of sp³-hybridized carbons (Fsp3) is 0.867. The van der Waals surface area contributed by atoms with E-state index in [1.54, 1.807) is 0 Å². The third-order valence-corrected chi connectivity index (χ3v) is 5.06. The molecular formula is C15H26N2O2S. The van der Waals surface area contributed by atoms with Gasteiger partial charge in [-0.2, -0.15) is 11.8 Å². The highest BCUT2D eigenvalue weighted by Gasteiger charge is 2.46. The molecule has 0 bridgehead atoms. The zero-order valence-electron chi connectivity index (χ0n) is 12.6. The summed E-state index contributed by atoms with van der Waals surface area (Å²) in [6, 6.07) is -0.483. The molecule has 2 rings (SSSR count). The van der Waals surface area contributed by atoms with E-state index in [4.69, 9.17) is 0 Å². The van der Waals surface area contributed by atoms with Crippen LogP contribution in [0.4, 0.5) is 0 Å². The van der Waals surface area contributed by atoms with Crippen LogP contribution in [-0.4, -0.2) is 46.8 Å². The van der Waals surface area contributed by atoms with E-state index in [1.165, 1.54) is 0 Å². The fourth-order valence-corrected chi connectivity index (χ4v) is 3.46. The fourth-order valence-electron chi connectivity index (χ4n) is 2.84. The molecule has 1 N–H and O–H groups in total. The van der Waals surface area contributed by atoms with Crippen LogP contribution in [0.15, 0.2) is 0 Å². The van der Waals surface area contributed by atoms with E-state index >= 15 is 0 Å². The molecule has 2 atom stereocenters. The van der Waals surface area contributed by atoms with Crippen LogP contribution >= 0.6 is 11.8 Å². The number of carbonyl (C=O) groups excluding carboxylic acids is 2. The second-order valence-electron chi connectivity index (χ2n) is 5.71. The molecular weight excluding hydrogens is 272 g/mol. The minimum absolute atomic E-state index is 0.0616. The van der Waals surface area contributed by atoms with Crippen molar-refractivity contribution in [2.75, 3.05) is 18.1 Å². The number of amides is 2. The summed E-state index contributed by atoms with van der Waals surface area (Å²) in [6.07, 6.45) is 4.84. The molecule has 0 aromatic rings. The van der Waals surface area contributed by atoms with Crippen LogP contribution in [0.5, 0.6) is 0 Å². The van der Waals surface area contributed by atoms with Gasteiger partial charge in [0.25, 0.3) is 0 Å². The van der Waals surface area contributed by atoms with Crippen molar-refractivity contribution in [1.29, 1.82) is 0 Å². The number of rotatable bonds is 8. The zero-order chi connectivity index (χ0) is 14.5. The summed E-state index contributed by atoms with van der Waals surface area (Å²) in [6.45, 7) is 4.94. The van der Waals surface area contributed by atoms with Crippen molar-refractivity contribution >= 4 is 23.6 Å². The Hall–Kier alpha value is -0.710. The summed E-state index contributed by atoms with van der Waals surface area (Å²) in [5, 5.41) is 2.96. The van der Waals surface area contributed by atoms with Gasteiger partial charge in [-0.25, -0.2) is 0 Å². The molecule has 20 heavy (non-hydrogen) atoms. The molecule has 2 unspecified atom stereocenters. The van der Waals surface area contributed by atoms with Crippen LogP contribution in [0.1, 0.15) is 46.0 Å². The molecule has 1 saturated carbocycles. The number of nitrogens with zero attached hydrogens (tertiary/aromatic N) is 1. The third-order valence-electron chi connectivity index (χ3n) is 4.07. The molecule has 2 amide bonds. The Bertz CT molecular complexity index is 358. The van der Waals surface area contributed by atoms with Crippen molar-refractivity contribution < 1.29 is 9.59 Å². The minimum Gasteiger partial charge on any atom is -0.342 e. The predicted molar refractivity (Wildman–Crippen MR) is 82.7 cm³/mol. The highest BCUT2D eigenvalue weighted by atomic mass is 32.2. The van der Waals surface area contributed by atoms with Gasteiger partial charge in [-0.05, 0) is 43.1 Å². The monoisotopic (exact) mass is 298 g/mol. The van der Waals surface area contributed by atoms with Crippen molar-refractivity contribution in [2.45, 2.75) is 58.0 Å². The summed E-state index contributed by atoms with van der Waals surface area (Å²) in [5.41, 5.74) is 0. The average Bonchev–Trinajstić information content (AvgIpc) is 3.25. The van der Waals surface area contributed by atoms with Crippen molar-refractivity contribution in [3.05, 3.63) is 0 Å². The smallest absolute Gasteiger partial charge is 0.246 e. The van der Waals surface area contributed by atoms with Crippen LogP contribution in [0, 0.1) is 5.92 Å². The van der Waals surface area contributed by atoms with Gasteiger partial charge in [-0.3, -0.25) is 9.59 Å². The Balaban J connectivity index is 1.99. The summed E-state index contributed by atoms with van der Waals surface area (Å²) in [5.74, 6) is 2.78. The molecule has 2 fully saturated rings. The lowest BCUT2D eigenvalue weighted by molar-refractivity contribution is -0.150. The highest BCUT2D eigenvalue weighted by molar-refractivity contribution is 7.99.